The third kappa shape index (κ3) is 5.81. The lowest BCUT2D eigenvalue weighted by molar-refractivity contribution is 0.0926. The summed E-state index contributed by atoms with van der Waals surface area (Å²) in [4.78, 5) is 12.3. The van der Waals surface area contributed by atoms with Gasteiger partial charge in [-0.15, -0.1) is 0 Å². The summed E-state index contributed by atoms with van der Waals surface area (Å²) in [6.07, 6.45) is 8.86. The van der Waals surface area contributed by atoms with Gasteiger partial charge in [0.1, 0.15) is 5.58 Å². The number of hydrogen-bond donors (Lipinski definition) is 3. The summed E-state index contributed by atoms with van der Waals surface area (Å²) in [6.45, 7) is 5.67. The summed E-state index contributed by atoms with van der Waals surface area (Å²) < 4.78 is 5.70. The van der Waals surface area contributed by atoms with E-state index in [2.05, 4.69) is 16.0 Å². The van der Waals surface area contributed by atoms with Crippen LogP contribution in [0.25, 0.3) is 11.0 Å². The standard InChI is InChI=1S/C22H33N3O2/c1-17-19-11-5-6-12-20(19)27-21(17)22(26)25-14-8-7-13-23-15-16-24-18-9-3-2-4-10-18/h5-6,11-12,18,23-24H,2-4,7-10,13-16H2,1H3,(H,25,26). The van der Waals surface area contributed by atoms with Crippen molar-refractivity contribution in [1.29, 1.82) is 0 Å². The van der Waals surface area contributed by atoms with Crippen LogP contribution in [0.4, 0.5) is 0 Å². The Balaban J connectivity index is 1.24. The maximum Gasteiger partial charge on any atom is 0.287 e. The van der Waals surface area contributed by atoms with Gasteiger partial charge in [-0.25, -0.2) is 0 Å². The van der Waals surface area contributed by atoms with Crippen LogP contribution in [0.15, 0.2) is 28.7 Å². The number of benzene rings is 1. The Morgan fingerprint density at radius 3 is 2.63 bits per heavy atom. The van der Waals surface area contributed by atoms with E-state index in [0.717, 1.165) is 55.1 Å². The molecule has 1 aromatic heterocycles. The van der Waals surface area contributed by atoms with E-state index in [0.29, 0.717) is 12.3 Å². The Kier molecular flexibility index (Phi) is 7.72. The molecule has 0 spiro atoms. The Bertz CT molecular complexity index is 719. The number of hydrogen-bond acceptors (Lipinski definition) is 4. The van der Waals surface area contributed by atoms with Crippen LogP contribution in [0.5, 0.6) is 0 Å². The molecule has 1 aromatic carbocycles. The molecule has 0 bridgehead atoms. The first-order valence-corrected chi connectivity index (χ1v) is 10.5. The van der Waals surface area contributed by atoms with Gasteiger partial charge in [-0.3, -0.25) is 4.79 Å². The largest absolute Gasteiger partial charge is 0.451 e. The topological polar surface area (TPSA) is 66.3 Å². The molecule has 1 fully saturated rings. The lowest BCUT2D eigenvalue weighted by Gasteiger charge is -2.22. The molecule has 5 nitrogen and oxygen atoms in total. The molecule has 0 radical (unpaired) electrons. The van der Waals surface area contributed by atoms with Crippen molar-refractivity contribution in [2.45, 2.75) is 57.9 Å². The maximum absolute atomic E-state index is 12.3. The number of unbranched alkanes of at least 4 members (excludes halogenated alkanes) is 1. The van der Waals surface area contributed by atoms with Crippen LogP contribution < -0.4 is 16.0 Å². The summed E-state index contributed by atoms with van der Waals surface area (Å²) in [5.74, 6) is 0.316. The zero-order valence-electron chi connectivity index (χ0n) is 16.5. The molecule has 148 valence electrons. The first-order chi connectivity index (χ1) is 13.3. The highest BCUT2D eigenvalue weighted by Gasteiger charge is 2.16. The van der Waals surface area contributed by atoms with Crippen LogP contribution in [0.1, 0.15) is 61.1 Å². The Hall–Kier alpha value is -1.85. The van der Waals surface area contributed by atoms with Gasteiger partial charge in [-0.2, -0.15) is 0 Å². The van der Waals surface area contributed by atoms with Gasteiger partial charge in [0.2, 0.25) is 0 Å². The van der Waals surface area contributed by atoms with Gasteiger partial charge in [0.15, 0.2) is 5.76 Å². The van der Waals surface area contributed by atoms with E-state index in [1.807, 2.05) is 31.2 Å². The Morgan fingerprint density at radius 1 is 1.04 bits per heavy atom. The zero-order chi connectivity index (χ0) is 18.9. The SMILES string of the molecule is Cc1c(C(=O)NCCCCNCCNC2CCCCC2)oc2ccccc12. The molecule has 3 rings (SSSR count). The number of nitrogens with one attached hydrogen (secondary N) is 3. The highest BCUT2D eigenvalue weighted by atomic mass is 16.3. The van der Waals surface area contributed by atoms with Gasteiger partial charge in [-0.1, -0.05) is 37.5 Å². The number of aryl methyl sites for hydroxylation is 1. The summed E-state index contributed by atoms with van der Waals surface area (Å²) in [5, 5.41) is 11.1. The average Bonchev–Trinajstić information content (AvgIpc) is 3.04. The molecule has 1 aliphatic rings. The number of amides is 1. The minimum Gasteiger partial charge on any atom is -0.451 e. The molecule has 0 atom stereocenters. The van der Waals surface area contributed by atoms with Gasteiger partial charge >= 0.3 is 0 Å². The van der Waals surface area contributed by atoms with Crippen LogP contribution in [0.3, 0.4) is 0 Å². The second kappa shape index (κ2) is 10.5. The highest BCUT2D eigenvalue weighted by molar-refractivity contribution is 5.98. The van der Waals surface area contributed by atoms with Crippen LogP contribution >= 0.6 is 0 Å². The number of furan rings is 1. The minimum absolute atomic E-state index is 0.117. The van der Waals surface area contributed by atoms with Crippen molar-refractivity contribution in [3.8, 4) is 0 Å². The minimum atomic E-state index is -0.117. The van der Waals surface area contributed by atoms with E-state index in [4.69, 9.17) is 4.42 Å². The van der Waals surface area contributed by atoms with Gasteiger partial charge in [-0.05, 0) is 45.2 Å². The molecule has 1 saturated carbocycles. The van der Waals surface area contributed by atoms with E-state index < -0.39 is 0 Å². The van der Waals surface area contributed by atoms with Crippen molar-refractivity contribution >= 4 is 16.9 Å². The summed E-state index contributed by atoms with van der Waals surface area (Å²) in [6, 6.07) is 8.50. The lowest BCUT2D eigenvalue weighted by Crippen LogP contribution is -2.36. The molecule has 0 saturated heterocycles. The van der Waals surface area contributed by atoms with Crippen LogP contribution in [0, 0.1) is 6.92 Å². The maximum atomic E-state index is 12.3. The van der Waals surface area contributed by atoms with Crippen molar-refractivity contribution < 1.29 is 9.21 Å². The van der Waals surface area contributed by atoms with Crippen molar-refractivity contribution in [2.75, 3.05) is 26.2 Å². The van der Waals surface area contributed by atoms with Crippen molar-refractivity contribution in [3.63, 3.8) is 0 Å². The lowest BCUT2D eigenvalue weighted by atomic mass is 9.95. The molecule has 1 amide bonds. The third-order valence-electron chi connectivity index (χ3n) is 5.46. The fourth-order valence-corrected chi connectivity index (χ4v) is 3.84. The molecule has 1 aliphatic carbocycles. The molecule has 3 N–H and O–H groups in total. The smallest absolute Gasteiger partial charge is 0.287 e. The van der Waals surface area contributed by atoms with E-state index in [9.17, 15) is 4.79 Å². The highest BCUT2D eigenvalue weighted by Crippen LogP contribution is 2.24. The van der Waals surface area contributed by atoms with E-state index in [1.54, 1.807) is 0 Å². The molecule has 2 aromatic rings. The first-order valence-electron chi connectivity index (χ1n) is 10.5. The summed E-state index contributed by atoms with van der Waals surface area (Å²) >= 11 is 0. The molecular formula is C22H33N3O2. The van der Waals surface area contributed by atoms with Gasteiger partial charge in [0, 0.05) is 36.6 Å². The van der Waals surface area contributed by atoms with Crippen molar-refractivity contribution in [1.82, 2.24) is 16.0 Å². The van der Waals surface area contributed by atoms with Crippen molar-refractivity contribution in [3.05, 3.63) is 35.6 Å². The third-order valence-corrected chi connectivity index (χ3v) is 5.46. The quantitative estimate of drug-likeness (QED) is 0.556. The van der Waals surface area contributed by atoms with Crippen molar-refractivity contribution in [2.24, 2.45) is 0 Å². The molecule has 0 aliphatic heterocycles. The number of carbonyl (C=O) groups excluding carboxylic acids is 1. The Morgan fingerprint density at radius 2 is 1.81 bits per heavy atom. The number of para-hydroxylation sites is 1. The van der Waals surface area contributed by atoms with E-state index >= 15 is 0 Å². The summed E-state index contributed by atoms with van der Waals surface area (Å²) in [7, 11) is 0. The summed E-state index contributed by atoms with van der Waals surface area (Å²) in [5.41, 5.74) is 1.68. The number of fused-ring (bicyclic) bond motifs is 1. The van der Waals surface area contributed by atoms with Gasteiger partial charge < -0.3 is 20.4 Å². The molecule has 27 heavy (non-hydrogen) atoms. The Labute approximate surface area is 162 Å². The molecule has 5 heteroatoms. The predicted molar refractivity (Wildman–Crippen MR) is 110 cm³/mol. The van der Waals surface area contributed by atoms with Crippen LogP contribution in [-0.4, -0.2) is 38.1 Å². The zero-order valence-corrected chi connectivity index (χ0v) is 16.5. The van der Waals surface area contributed by atoms with Crippen LogP contribution in [-0.2, 0) is 0 Å². The second-order valence-electron chi connectivity index (χ2n) is 7.55. The first kappa shape index (κ1) is 19.9. The predicted octanol–water partition coefficient (Wildman–Crippen LogP) is 3.76. The average molecular weight is 372 g/mol. The van der Waals surface area contributed by atoms with Crippen LogP contribution in [0.2, 0.25) is 0 Å². The molecule has 1 heterocycles. The fourth-order valence-electron chi connectivity index (χ4n) is 3.84. The number of rotatable bonds is 10. The molecule has 0 unspecified atom stereocenters. The normalized spacial score (nSPS) is 15.3. The monoisotopic (exact) mass is 371 g/mol. The van der Waals surface area contributed by atoms with E-state index in [1.165, 1.54) is 32.1 Å². The number of carbonyl (C=O) groups is 1. The van der Waals surface area contributed by atoms with Gasteiger partial charge in [0.25, 0.3) is 5.91 Å². The fraction of sp³-hybridized carbons (Fsp3) is 0.591. The van der Waals surface area contributed by atoms with E-state index in [-0.39, 0.29) is 5.91 Å². The van der Waals surface area contributed by atoms with Gasteiger partial charge in [0.05, 0.1) is 0 Å². The second-order valence-corrected chi connectivity index (χ2v) is 7.55. The molecular weight excluding hydrogens is 338 g/mol.